The smallest absolute Gasteiger partial charge is 0.254 e. The number of aromatic amines is 1. The Hall–Kier alpha value is -1.69. The number of aromatic nitrogens is 2. The molecule has 1 spiro atoms. The van der Waals surface area contributed by atoms with Gasteiger partial charge in [-0.3, -0.25) is 9.59 Å². The number of aliphatic hydroxyl groups excluding tert-OH is 1. The van der Waals surface area contributed by atoms with E-state index in [1.165, 1.54) is 0 Å². The lowest BCUT2D eigenvalue weighted by Crippen LogP contribution is -2.51. The largest absolute Gasteiger partial charge is 0.395 e. The number of likely N-dealkylation sites (tertiary alicyclic amines) is 1. The molecule has 4 rings (SSSR count). The lowest BCUT2D eigenvalue weighted by Gasteiger charge is -2.42. The van der Waals surface area contributed by atoms with Crippen molar-refractivity contribution in [3.8, 4) is 0 Å². The Kier molecular flexibility index (Phi) is 3.85. The van der Waals surface area contributed by atoms with Crippen molar-refractivity contribution in [2.45, 2.75) is 70.1 Å². The summed E-state index contributed by atoms with van der Waals surface area (Å²) < 4.78 is 0. The van der Waals surface area contributed by atoms with E-state index in [-0.39, 0.29) is 28.9 Å². The van der Waals surface area contributed by atoms with Gasteiger partial charge in [0, 0.05) is 29.5 Å². The number of fused-ring (bicyclic) bond motifs is 2. The van der Waals surface area contributed by atoms with Crippen molar-refractivity contribution >= 4 is 5.91 Å². The molecule has 1 unspecified atom stereocenters. The monoisotopic (exact) mass is 359 g/mol. The highest BCUT2D eigenvalue weighted by molar-refractivity contribution is 5.85. The van der Waals surface area contributed by atoms with Gasteiger partial charge >= 0.3 is 0 Å². The van der Waals surface area contributed by atoms with Crippen LogP contribution >= 0.6 is 0 Å². The molecule has 6 heteroatoms. The average Bonchev–Trinajstić information content (AvgIpc) is 3.33. The average molecular weight is 359 g/mol. The molecule has 1 saturated carbocycles. The van der Waals surface area contributed by atoms with Gasteiger partial charge in [0.25, 0.3) is 5.56 Å². The highest BCUT2D eigenvalue weighted by Crippen LogP contribution is 2.49. The van der Waals surface area contributed by atoms with Crippen LogP contribution in [-0.4, -0.2) is 45.6 Å². The van der Waals surface area contributed by atoms with Gasteiger partial charge < -0.3 is 15.0 Å². The van der Waals surface area contributed by atoms with Crippen molar-refractivity contribution < 1.29 is 9.90 Å². The number of carbonyl (C=O) groups excluding carboxylic acids is 1. The predicted octanol–water partition coefficient (Wildman–Crippen LogP) is 1.65. The van der Waals surface area contributed by atoms with Crippen LogP contribution in [-0.2, 0) is 22.0 Å². The Bertz CT molecular complexity index is 803. The van der Waals surface area contributed by atoms with Crippen molar-refractivity contribution in [1.82, 2.24) is 14.9 Å². The molecule has 6 nitrogen and oxygen atoms in total. The molecule has 1 aliphatic heterocycles. The second-order valence-electron chi connectivity index (χ2n) is 9.54. The van der Waals surface area contributed by atoms with Crippen LogP contribution in [0, 0.1) is 5.41 Å². The number of piperidine rings is 1. The number of aliphatic hydroxyl groups is 1. The summed E-state index contributed by atoms with van der Waals surface area (Å²) in [5, 5.41) is 9.63. The number of rotatable bonds is 2. The molecule has 1 atom stereocenters. The van der Waals surface area contributed by atoms with Gasteiger partial charge in [-0.25, -0.2) is 4.98 Å². The zero-order chi connectivity index (χ0) is 18.7. The summed E-state index contributed by atoms with van der Waals surface area (Å²) >= 11 is 0. The number of hydrogen-bond acceptors (Lipinski definition) is 4. The van der Waals surface area contributed by atoms with Crippen molar-refractivity contribution in [1.29, 1.82) is 0 Å². The van der Waals surface area contributed by atoms with Gasteiger partial charge in [-0.05, 0) is 38.5 Å². The Morgan fingerprint density at radius 1 is 1.27 bits per heavy atom. The van der Waals surface area contributed by atoms with Crippen LogP contribution < -0.4 is 5.56 Å². The SMILES string of the molecule is CC(C)(C)c1nc2c(c(=O)[nH]1)CCC21CCCN(C(=O)C2(CO)CC2)C1. The number of nitrogens with zero attached hydrogens (tertiary/aromatic N) is 2. The maximum atomic E-state index is 12.9. The van der Waals surface area contributed by atoms with E-state index >= 15 is 0 Å². The first-order valence-electron chi connectivity index (χ1n) is 9.75. The molecule has 1 amide bonds. The summed E-state index contributed by atoms with van der Waals surface area (Å²) in [6, 6.07) is 0. The van der Waals surface area contributed by atoms with Crippen molar-refractivity contribution in [3.63, 3.8) is 0 Å². The van der Waals surface area contributed by atoms with Crippen molar-refractivity contribution in [2.75, 3.05) is 19.7 Å². The summed E-state index contributed by atoms with van der Waals surface area (Å²) in [6.07, 6.45) is 5.07. The van der Waals surface area contributed by atoms with Gasteiger partial charge in [-0.15, -0.1) is 0 Å². The van der Waals surface area contributed by atoms with Gasteiger partial charge in [0.2, 0.25) is 5.91 Å². The second kappa shape index (κ2) is 5.65. The van der Waals surface area contributed by atoms with E-state index < -0.39 is 5.41 Å². The fourth-order valence-electron chi connectivity index (χ4n) is 4.63. The van der Waals surface area contributed by atoms with Crippen LogP contribution in [0.1, 0.15) is 70.0 Å². The molecule has 142 valence electrons. The van der Waals surface area contributed by atoms with Crippen molar-refractivity contribution in [2.24, 2.45) is 5.41 Å². The van der Waals surface area contributed by atoms with E-state index in [4.69, 9.17) is 4.98 Å². The van der Waals surface area contributed by atoms with Crippen molar-refractivity contribution in [3.05, 3.63) is 27.4 Å². The Morgan fingerprint density at radius 2 is 2.00 bits per heavy atom. The number of H-pyrrole nitrogens is 1. The fraction of sp³-hybridized carbons (Fsp3) is 0.750. The van der Waals surface area contributed by atoms with E-state index in [1.807, 2.05) is 25.7 Å². The summed E-state index contributed by atoms with van der Waals surface area (Å²) in [7, 11) is 0. The summed E-state index contributed by atoms with van der Waals surface area (Å²) in [5.41, 5.74) is 0.737. The molecule has 0 radical (unpaired) electrons. The van der Waals surface area contributed by atoms with Crippen LogP contribution in [0.3, 0.4) is 0 Å². The summed E-state index contributed by atoms with van der Waals surface area (Å²) in [5.74, 6) is 0.813. The lowest BCUT2D eigenvalue weighted by molar-refractivity contribution is -0.141. The first kappa shape index (κ1) is 17.7. The fourth-order valence-corrected chi connectivity index (χ4v) is 4.63. The minimum absolute atomic E-state index is 0.0192. The molecule has 2 fully saturated rings. The van der Waals surface area contributed by atoms with Crippen LogP contribution in [0.2, 0.25) is 0 Å². The van der Waals surface area contributed by atoms with Crippen LogP contribution in [0.4, 0.5) is 0 Å². The van der Waals surface area contributed by atoms with Gasteiger partial charge in [-0.1, -0.05) is 20.8 Å². The third-order valence-corrected chi connectivity index (χ3v) is 6.56. The minimum Gasteiger partial charge on any atom is -0.395 e. The molecule has 1 aromatic heterocycles. The van der Waals surface area contributed by atoms with Crippen LogP contribution in [0.15, 0.2) is 4.79 Å². The van der Waals surface area contributed by atoms with Gasteiger partial charge in [-0.2, -0.15) is 0 Å². The normalized spacial score (nSPS) is 26.8. The first-order valence-corrected chi connectivity index (χ1v) is 9.75. The topological polar surface area (TPSA) is 86.3 Å². The predicted molar refractivity (Wildman–Crippen MR) is 98.1 cm³/mol. The first-order chi connectivity index (χ1) is 12.2. The molecule has 0 aromatic carbocycles. The Balaban J connectivity index is 1.70. The standard InChI is InChI=1S/C20H29N3O3/c1-18(2,3)16-21-14-13(15(25)22-16)5-7-19(14)6-4-10-23(11-19)17(26)20(12-24)8-9-20/h24H,4-12H2,1-3H3,(H,21,22,25). The van der Waals surface area contributed by atoms with E-state index in [9.17, 15) is 14.7 Å². The van der Waals surface area contributed by atoms with Gasteiger partial charge in [0.15, 0.2) is 0 Å². The maximum Gasteiger partial charge on any atom is 0.254 e. The minimum atomic E-state index is -0.530. The highest BCUT2D eigenvalue weighted by Gasteiger charge is 2.54. The molecular weight excluding hydrogens is 330 g/mol. The van der Waals surface area contributed by atoms with E-state index in [2.05, 4.69) is 4.98 Å². The highest BCUT2D eigenvalue weighted by atomic mass is 16.3. The van der Waals surface area contributed by atoms with E-state index in [1.54, 1.807) is 0 Å². The Labute approximate surface area is 154 Å². The molecule has 26 heavy (non-hydrogen) atoms. The molecule has 0 bridgehead atoms. The van der Waals surface area contributed by atoms with Crippen LogP contribution in [0.25, 0.3) is 0 Å². The molecule has 2 heterocycles. The van der Waals surface area contributed by atoms with Crippen LogP contribution in [0.5, 0.6) is 0 Å². The molecule has 2 N–H and O–H groups in total. The van der Waals surface area contributed by atoms with Gasteiger partial charge in [0.05, 0.1) is 17.7 Å². The number of carbonyl (C=O) groups is 1. The number of hydrogen-bond donors (Lipinski definition) is 2. The third kappa shape index (κ3) is 2.61. The third-order valence-electron chi connectivity index (χ3n) is 6.56. The maximum absolute atomic E-state index is 12.9. The molecule has 1 aromatic rings. The Morgan fingerprint density at radius 3 is 2.62 bits per heavy atom. The molecule has 3 aliphatic rings. The molecule has 1 saturated heterocycles. The summed E-state index contributed by atoms with van der Waals surface area (Å²) in [6.45, 7) is 7.46. The summed E-state index contributed by atoms with van der Waals surface area (Å²) in [4.78, 5) is 35.4. The van der Waals surface area contributed by atoms with Gasteiger partial charge in [0.1, 0.15) is 5.82 Å². The van der Waals surface area contributed by atoms with E-state index in [0.29, 0.717) is 6.54 Å². The number of amides is 1. The van der Waals surface area contributed by atoms with E-state index in [0.717, 1.165) is 62.2 Å². The second-order valence-corrected chi connectivity index (χ2v) is 9.54. The molecular formula is C20H29N3O3. The number of nitrogens with one attached hydrogen (secondary N) is 1. The molecule has 2 aliphatic carbocycles. The zero-order valence-corrected chi connectivity index (χ0v) is 16.0. The quantitative estimate of drug-likeness (QED) is 0.841. The lowest BCUT2D eigenvalue weighted by atomic mass is 9.77. The zero-order valence-electron chi connectivity index (χ0n) is 16.0.